The lowest BCUT2D eigenvalue weighted by Gasteiger charge is -2.26. The molecule has 0 spiro atoms. The van der Waals surface area contributed by atoms with Gasteiger partial charge in [0.05, 0.1) is 30.4 Å². The van der Waals surface area contributed by atoms with Crippen molar-refractivity contribution in [2.24, 2.45) is 0 Å². The van der Waals surface area contributed by atoms with Crippen molar-refractivity contribution in [3.05, 3.63) is 94.8 Å². The van der Waals surface area contributed by atoms with Crippen LogP contribution in [0.5, 0.6) is 11.5 Å². The van der Waals surface area contributed by atoms with Gasteiger partial charge in [-0.25, -0.2) is 4.39 Å². The van der Waals surface area contributed by atoms with E-state index in [0.29, 0.717) is 36.0 Å². The van der Waals surface area contributed by atoms with Crippen molar-refractivity contribution in [1.82, 2.24) is 0 Å². The van der Waals surface area contributed by atoms with Gasteiger partial charge in [0, 0.05) is 11.8 Å². The molecule has 180 valence electrons. The van der Waals surface area contributed by atoms with Gasteiger partial charge in [-0.1, -0.05) is 24.3 Å². The molecule has 0 aliphatic carbocycles. The molecule has 7 heteroatoms. The third-order valence-electron chi connectivity index (χ3n) is 5.73. The number of halogens is 1. The van der Waals surface area contributed by atoms with Gasteiger partial charge in [0.2, 0.25) is 0 Å². The number of anilines is 1. The molecule has 35 heavy (non-hydrogen) atoms. The van der Waals surface area contributed by atoms with Crippen molar-refractivity contribution in [1.29, 1.82) is 0 Å². The number of benzene rings is 3. The molecule has 0 saturated carbocycles. The monoisotopic (exact) mass is 475 g/mol. The van der Waals surface area contributed by atoms with Crippen LogP contribution < -0.4 is 14.4 Å². The number of nitrogens with zero attached hydrogens (tertiary/aromatic N) is 1. The summed E-state index contributed by atoms with van der Waals surface area (Å²) in [7, 11) is 0. The van der Waals surface area contributed by atoms with E-state index in [1.807, 2.05) is 19.9 Å². The van der Waals surface area contributed by atoms with E-state index in [1.54, 1.807) is 43.3 Å². The summed E-state index contributed by atoms with van der Waals surface area (Å²) in [5.41, 5.74) is 2.03. The Bertz CT molecular complexity index is 1300. The first kappa shape index (κ1) is 24.0. The second kappa shape index (κ2) is 10.0. The highest BCUT2D eigenvalue weighted by atomic mass is 19.1. The van der Waals surface area contributed by atoms with Gasteiger partial charge in [-0.2, -0.15) is 0 Å². The van der Waals surface area contributed by atoms with Crippen molar-refractivity contribution in [2.45, 2.75) is 26.8 Å². The smallest absolute Gasteiger partial charge is 0.300 e. The average Bonchev–Trinajstić information content (AvgIpc) is 3.10. The Morgan fingerprint density at radius 2 is 1.69 bits per heavy atom. The van der Waals surface area contributed by atoms with Crippen molar-refractivity contribution < 1.29 is 28.6 Å². The highest BCUT2D eigenvalue weighted by Crippen LogP contribution is 2.43. The molecule has 1 aliphatic heterocycles. The molecule has 0 bridgehead atoms. The van der Waals surface area contributed by atoms with Crippen LogP contribution in [-0.4, -0.2) is 30.0 Å². The van der Waals surface area contributed by atoms with E-state index >= 15 is 0 Å². The Kier molecular flexibility index (Phi) is 6.87. The van der Waals surface area contributed by atoms with Crippen LogP contribution in [0.15, 0.2) is 72.3 Å². The molecule has 1 amide bonds. The molecule has 3 aromatic carbocycles. The summed E-state index contributed by atoms with van der Waals surface area (Å²) < 4.78 is 25.0. The number of aryl methyl sites for hydroxylation is 1. The van der Waals surface area contributed by atoms with Crippen LogP contribution in [0.3, 0.4) is 0 Å². The molecule has 1 saturated heterocycles. The number of Topliss-reactive ketones (excluding diaryl/α,β-unsaturated/α-hetero) is 1. The molecule has 0 aromatic heterocycles. The van der Waals surface area contributed by atoms with Crippen molar-refractivity contribution >= 4 is 23.1 Å². The lowest BCUT2D eigenvalue weighted by atomic mass is 9.94. The lowest BCUT2D eigenvalue weighted by molar-refractivity contribution is -0.132. The summed E-state index contributed by atoms with van der Waals surface area (Å²) in [6.45, 7) is 6.29. The van der Waals surface area contributed by atoms with Gasteiger partial charge < -0.3 is 14.6 Å². The number of carbonyl (C=O) groups excluding carboxylic acids is 2. The maximum atomic E-state index is 13.7. The topological polar surface area (TPSA) is 76.1 Å². The Morgan fingerprint density at radius 1 is 0.971 bits per heavy atom. The van der Waals surface area contributed by atoms with Gasteiger partial charge in [-0.05, 0) is 68.3 Å². The molecule has 0 radical (unpaired) electrons. The standard InChI is InChI=1S/C28H26FNO5/c1-4-34-21-13-14-22(23(16-21)35-5-2)26(31)24-25(18-9-11-19(29)12-10-18)30(28(33)27(24)32)20-8-6-7-17(3)15-20/h6-16,25,31H,4-5H2,1-3H3/b26-24-. The average molecular weight is 476 g/mol. The van der Waals surface area contributed by atoms with Crippen molar-refractivity contribution in [2.75, 3.05) is 18.1 Å². The van der Waals surface area contributed by atoms with Gasteiger partial charge in [-0.3, -0.25) is 14.5 Å². The minimum Gasteiger partial charge on any atom is -0.507 e. The van der Waals surface area contributed by atoms with Crippen LogP contribution in [0.2, 0.25) is 0 Å². The molecule has 1 unspecified atom stereocenters. The van der Waals surface area contributed by atoms with Gasteiger partial charge in [0.15, 0.2) is 0 Å². The number of carbonyl (C=O) groups is 2. The fourth-order valence-corrected chi connectivity index (χ4v) is 4.21. The van der Waals surface area contributed by atoms with E-state index in [4.69, 9.17) is 9.47 Å². The van der Waals surface area contributed by atoms with Gasteiger partial charge in [0.1, 0.15) is 23.1 Å². The number of hydrogen-bond acceptors (Lipinski definition) is 5. The highest BCUT2D eigenvalue weighted by molar-refractivity contribution is 6.51. The van der Waals surface area contributed by atoms with E-state index in [1.165, 1.54) is 29.2 Å². The maximum Gasteiger partial charge on any atom is 0.300 e. The summed E-state index contributed by atoms with van der Waals surface area (Å²) in [5, 5.41) is 11.4. The Balaban J connectivity index is 1.94. The molecule has 1 fully saturated rings. The summed E-state index contributed by atoms with van der Waals surface area (Å²) in [6, 6.07) is 16.6. The first-order valence-corrected chi connectivity index (χ1v) is 11.4. The first-order valence-electron chi connectivity index (χ1n) is 11.4. The van der Waals surface area contributed by atoms with Gasteiger partial charge in [0.25, 0.3) is 11.7 Å². The fourth-order valence-electron chi connectivity index (χ4n) is 4.21. The van der Waals surface area contributed by atoms with Crippen molar-refractivity contribution in [3.8, 4) is 11.5 Å². The molecular formula is C28H26FNO5. The predicted molar refractivity (Wildman–Crippen MR) is 131 cm³/mol. The number of aliphatic hydroxyl groups is 1. The molecular weight excluding hydrogens is 449 g/mol. The minimum atomic E-state index is -0.960. The summed E-state index contributed by atoms with van der Waals surface area (Å²) in [5.74, 6) is -1.59. The Morgan fingerprint density at radius 3 is 2.34 bits per heavy atom. The zero-order chi connectivity index (χ0) is 25.1. The first-order chi connectivity index (χ1) is 16.8. The second-order valence-corrected chi connectivity index (χ2v) is 8.08. The van der Waals surface area contributed by atoms with Gasteiger partial charge in [-0.15, -0.1) is 0 Å². The SMILES string of the molecule is CCOc1ccc(/C(O)=C2/C(=O)C(=O)N(c3cccc(C)c3)C2c2ccc(F)cc2)c(OCC)c1. The van der Waals surface area contributed by atoms with Crippen molar-refractivity contribution in [3.63, 3.8) is 0 Å². The molecule has 1 atom stereocenters. The van der Waals surface area contributed by atoms with Crippen LogP contribution in [0.4, 0.5) is 10.1 Å². The zero-order valence-corrected chi connectivity index (χ0v) is 19.7. The third-order valence-corrected chi connectivity index (χ3v) is 5.73. The second-order valence-electron chi connectivity index (χ2n) is 8.08. The number of aliphatic hydroxyl groups excluding tert-OH is 1. The van der Waals surface area contributed by atoms with E-state index in [-0.39, 0.29) is 16.9 Å². The van der Waals surface area contributed by atoms with Crippen LogP contribution in [0.25, 0.3) is 5.76 Å². The summed E-state index contributed by atoms with van der Waals surface area (Å²) >= 11 is 0. The predicted octanol–water partition coefficient (Wildman–Crippen LogP) is 5.56. The van der Waals surface area contributed by atoms with Crippen LogP contribution >= 0.6 is 0 Å². The Hall–Kier alpha value is -4.13. The van der Waals surface area contributed by atoms with Crippen LogP contribution in [-0.2, 0) is 9.59 Å². The van der Waals surface area contributed by atoms with Crippen LogP contribution in [0, 0.1) is 12.7 Å². The minimum absolute atomic E-state index is 0.103. The molecule has 1 N–H and O–H groups in total. The number of ether oxygens (including phenoxy) is 2. The normalized spacial score (nSPS) is 17.0. The molecule has 3 aromatic rings. The Labute approximate surface area is 203 Å². The van der Waals surface area contributed by atoms with E-state index in [2.05, 4.69) is 0 Å². The quantitative estimate of drug-likeness (QED) is 0.275. The maximum absolute atomic E-state index is 13.7. The number of ketones is 1. The van der Waals surface area contributed by atoms with E-state index in [0.717, 1.165) is 5.56 Å². The molecule has 4 rings (SSSR count). The number of hydrogen-bond donors (Lipinski definition) is 1. The van der Waals surface area contributed by atoms with Gasteiger partial charge >= 0.3 is 0 Å². The fraction of sp³-hybridized carbons (Fsp3) is 0.214. The third kappa shape index (κ3) is 4.62. The van der Waals surface area contributed by atoms with E-state index in [9.17, 15) is 19.1 Å². The lowest BCUT2D eigenvalue weighted by Crippen LogP contribution is -2.29. The molecule has 6 nitrogen and oxygen atoms in total. The summed E-state index contributed by atoms with van der Waals surface area (Å²) in [4.78, 5) is 27.9. The molecule has 1 heterocycles. The number of rotatable bonds is 7. The summed E-state index contributed by atoms with van der Waals surface area (Å²) in [6.07, 6.45) is 0. The zero-order valence-electron chi connectivity index (χ0n) is 19.7. The largest absolute Gasteiger partial charge is 0.507 e. The highest BCUT2D eigenvalue weighted by Gasteiger charge is 2.47. The van der Waals surface area contributed by atoms with E-state index < -0.39 is 23.5 Å². The molecule has 1 aliphatic rings. The number of amides is 1. The van der Waals surface area contributed by atoms with Crippen LogP contribution in [0.1, 0.15) is 36.6 Å².